The zero-order chi connectivity index (χ0) is 12.5. The number of thiazole rings is 1. The van der Waals surface area contributed by atoms with Crippen LogP contribution in [0, 0.1) is 6.92 Å². The number of nitrogen functional groups attached to an aromatic ring is 1. The van der Waals surface area contributed by atoms with Crippen molar-refractivity contribution < 1.29 is 0 Å². The molecule has 0 atom stereocenters. The topological polar surface area (TPSA) is 80.5 Å². The molecule has 3 rings (SSSR count). The van der Waals surface area contributed by atoms with Gasteiger partial charge in [0, 0.05) is 17.5 Å². The zero-order valence-electron chi connectivity index (χ0n) is 9.71. The van der Waals surface area contributed by atoms with Crippen LogP contribution in [-0.2, 0) is 0 Å². The van der Waals surface area contributed by atoms with Gasteiger partial charge in [-0.1, -0.05) is 17.4 Å². The Bertz CT molecular complexity index is 672. The Morgan fingerprint density at radius 1 is 1.28 bits per heavy atom. The highest BCUT2D eigenvalue weighted by Crippen LogP contribution is 2.36. The largest absolute Gasteiger partial charge is 0.375 e. The van der Waals surface area contributed by atoms with E-state index in [2.05, 4.69) is 20.2 Å². The summed E-state index contributed by atoms with van der Waals surface area (Å²) in [4.78, 5) is 9.84. The zero-order valence-corrected chi connectivity index (χ0v) is 10.5. The Hall–Kier alpha value is -2.21. The summed E-state index contributed by atoms with van der Waals surface area (Å²) in [5.41, 5.74) is 9.41. The molecule has 90 valence electrons. The first-order valence-electron chi connectivity index (χ1n) is 5.43. The monoisotopic (exact) mass is 257 g/mol. The highest BCUT2D eigenvalue weighted by Gasteiger charge is 2.15. The van der Waals surface area contributed by atoms with Crippen molar-refractivity contribution in [2.24, 2.45) is 0 Å². The Morgan fingerprint density at radius 3 is 2.89 bits per heavy atom. The lowest BCUT2D eigenvalue weighted by molar-refractivity contribution is 1.09. The Labute approximate surface area is 108 Å². The number of anilines is 1. The standard InChI is InChI=1S/C12H11N5S/c1-7-3-2-4-9(16-7)11-10(17-12(13)18-11)8-5-14-15-6-8/h2-6H,1H3,(H2,13,17)(H,14,15). The first kappa shape index (κ1) is 10.9. The van der Waals surface area contributed by atoms with E-state index in [0.29, 0.717) is 5.13 Å². The van der Waals surface area contributed by atoms with E-state index in [1.54, 1.807) is 12.4 Å². The highest BCUT2D eigenvalue weighted by atomic mass is 32.1. The third-order valence-corrected chi connectivity index (χ3v) is 3.44. The molecule has 6 heteroatoms. The predicted octanol–water partition coefficient (Wildman–Crippen LogP) is 2.49. The summed E-state index contributed by atoms with van der Waals surface area (Å²) in [6, 6.07) is 5.90. The number of pyridine rings is 1. The van der Waals surface area contributed by atoms with E-state index >= 15 is 0 Å². The second-order valence-corrected chi connectivity index (χ2v) is 4.91. The maximum Gasteiger partial charge on any atom is 0.181 e. The molecule has 0 amide bonds. The first-order chi connectivity index (χ1) is 8.74. The number of hydrogen-bond acceptors (Lipinski definition) is 5. The van der Waals surface area contributed by atoms with Gasteiger partial charge in [-0.25, -0.2) is 4.98 Å². The molecule has 0 bridgehead atoms. The van der Waals surface area contributed by atoms with Gasteiger partial charge >= 0.3 is 0 Å². The molecule has 5 nitrogen and oxygen atoms in total. The molecule has 0 saturated heterocycles. The van der Waals surface area contributed by atoms with Gasteiger partial charge < -0.3 is 5.73 Å². The molecule has 0 aromatic carbocycles. The molecule has 3 aromatic rings. The lowest BCUT2D eigenvalue weighted by atomic mass is 10.2. The third-order valence-electron chi connectivity index (χ3n) is 2.54. The van der Waals surface area contributed by atoms with Crippen molar-refractivity contribution in [3.05, 3.63) is 36.3 Å². The lowest BCUT2D eigenvalue weighted by Crippen LogP contribution is -1.86. The molecule has 0 aliphatic heterocycles. The van der Waals surface area contributed by atoms with E-state index in [0.717, 1.165) is 27.5 Å². The fourth-order valence-corrected chi connectivity index (χ4v) is 2.58. The van der Waals surface area contributed by atoms with Crippen LogP contribution < -0.4 is 5.73 Å². The van der Waals surface area contributed by atoms with Crippen LogP contribution in [0.2, 0.25) is 0 Å². The van der Waals surface area contributed by atoms with Gasteiger partial charge in [-0.05, 0) is 19.1 Å². The summed E-state index contributed by atoms with van der Waals surface area (Å²) < 4.78 is 0. The molecule has 0 saturated carbocycles. The first-order valence-corrected chi connectivity index (χ1v) is 6.25. The molecule has 0 radical (unpaired) electrons. The van der Waals surface area contributed by atoms with Crippen molar-refractivity contribution in [3.8, 4) is 21.8 Å². The molecule has 18 heavy (non-hydrogen) atoms. The summed E-state index contributed by atoms with van der Waals surface area (Å²) in [5.74, 6) is 0. The van der Waals surface area contributed by atoms with Crippen LogP contribution in [-0.4, -0.2) is 20.2 Å². The molecule has 0 aliphatic rings. The smallest absolute Gasteiger partial charge is 0.181 e. The maximum atomic E-state index is 5.81. The maximum absolute atomic E-state index is 5.81. The van der Waals surface area contributed by atoms with Crippen molar-refractivity contribution in [1.82, 2.24) is 20.2 Å². The number of aromatic amines is 1. The second kappa shape index (κ2) is 4.23. The molecular weight excluding hydrogens is 246 g/mol. The molecular formula is C12H11N5S. The van der Waals surface area contributed by atoms with Crippen molar-refractivity contribution in [1.29, 1.82) is 0 Å². The van der Waals surface area contributed by atoms with Crippen LogP contribution in [0.3, 0.4) is 0 Å². The van der Waals surface area contributed by atoms with Crippen LogP contribution in [0.15, 0.2) is 30.6 Å². The summed E-state index contributed by atoms with van der Waals surface area (Å²) in [6.45, 7) is 1.96. The number of nitrogens with one attached hydrogen (secondary N) is 1. The summed E-state index contributed by atoms with van der Waals surface area (Å²) >= 11 is 1.44. The summed E-state index contributed by atoms with van der Waals surface area (Å²) in [7, 11) is 0. The molecule has 3 heterocycles. The number of hydrogen-bond donors (Lipinski definition) is 2. The Morgan fingerprint density at radius 2 is 2.17 bits per heavy atom. The van der Waals surface area contributed by atoms with Crippen molar-refractivity contribution in [2.75, 3.05) is 5.73 Å². The van der Waals surface area contributed by atoms with Gasteiger partial charge in [0.25, 0.3) is 0 Å². The third kappa shape index (κ3) is 1.86. The van der Waals surface area contributed by atoms with E-state index in [-0.39, 0.29) is 0 Å². The van der Waals surface area contributed by atoms with E-state index < -0.39 is 0 Å². The van der Waals surface area contributed by atoms with Crippen molar-refractivity contribution in [3.63, 3.8) is 0 Å². The van der Waals surface area contributed by atoms with E-state index in [1.165, 1.54) is 11.3 Å². The van der Waals surface area contributed by atoms with Gasteiger partial charge in [-0.3, -0.25) is 10.1 Å². The number of rotatable bonds is 2. The minimum Gasteiger partial charge on any atom is -0.375 e. The molecule has 3 aromatic heterocycles. The minimum atomic E-state index is 0.532. The van der Waals surface area contributed by atoms with E-state index in [4.69, 9.17) is 5.73 Å². The van der Waals surface area contributed by atoms with Gasteiger partial charge in [-0.15, -0.1) is 0 Å². The number of nitrogens with two attached hydrogens (primary N) is 1. The number of aromatic nitrogens is 4. The van der Waals surface area contributed by atoms with Crippen LogP contribution in [0.4, 0.5) is 5.13 Å². The quantitative estimate of drug-likeness (QED) is 0.739. The van der Waals surface area contributed by atoms with Gasteiger partial charge in [0.1, 0.15) is 0 Å². The molecule has 0 fully saturated rings. The van der Waals surface area contributed by atoms with Crippen molar-refractivity contribution >= 4 is 16.5 Å². The van der Waals surface area contributed by atoms with E-state index in [9.17, 15) is 0 Å². The SMILES string of the molecule is Cc1cccc(-c2sc(N)nc2-c2cn[nH]c2)n1. The van der Waals surface area contributed by atoms with Crippen LogP contribution in [0.25, 0.3) is 21.8 Å². The molecule has 0 spiro atoms. The summed E-state index contributed by atoms with van der Waals surface area (Å²) in [5, 5.41) is 7.25. The average Bonchev–Trinajstić information content (AvgIpc) is 2.97. The second-order valence-electron chi connectivity index (χ2n) is 3.88. The molecule has 0 unspecified atom stereocenters. The fraction of sp³-hybridized carbons (Fsp3) is 0.0833. The van der Waals surface area contributed by atoms with Gasteiger partial charge in [0.15, 0.2) is 5.13 Å². The predicted molar refractivity (Wildman–Crippen MR) is 72.1 cm³/mol. The number of aryl methyl sites for hydroxylation is 1. The number of H-pyrrole nitrogens is 1. The number of nitrogens with zero attached hydrogens (tertiary/aromatic N) is 3. The van der Waals surface area contributed by atoms with Crippen LogP contribution in [0.1, 0.15) is 5.69 Å². The Kier molecular flexibility index (Phi) is 2.56. The van der Waals surface area contributed by atoms with Crippen LogP contribution in [0.5, 0.6) is 0 Å². The van der Waals surface area contributed by atoms with Gasteiger partial charge in [0.05, 0.1) is 22.5 Å². The van der Waals surface area contributed by atoms with Crippen molar-refractivity contribution in [2.45, 2.75) is 6.92 Å². The van der Waals surface area contributed by atoms with Gasteiger partial charge in [-0.2, -0.15) is 5.10 Å². The minimum absolute atomic E-state index is 0.532. The van der Waals surface area contributed by atoms with Crippen LogP contribution >= 0.6 is 11.3 Å². The normalized spacial score (nSPS) is 10.7. The molecule has 3 N–H and O–H groups in total. The molecule has 0 aliphatic carbocycles. The van der Waals surface area contributed by atoms with Gasteiger partial charge in [0.2, 0.25) is 0 Å². The Balaban J connectivity index is 2.18. The fourth-order valence-electron chi connectivity index (χ4n) is 1.76. The average molecular weight is 257 g/mol. The van der Waals surface area contributed by atoms with E-state index in [1.807, 2.05) is 25.1 Å². The highest BCUT2D eigenvalue weighted by molar-refractivity contribution is 7.19. The lowest BCUT2D eigenvalue weighted by Gasteiger charge is -2.00. The summed E-state index contributed by atoms with van der Waals surface area (Å²) in [6.07, 6.45) is 3.53.